The fourth-order valence-electron chi connectivity index (χ4n) is 3.57. The fourth-order valence-corrected chi connectivity index (χ4v) is 5.13. The molecule has 2 nitrogen and oxygen atoms in total. The predicted molar refractivity (Wildman–Crippen MR) is 96.0 cm³/mol. The molecule has 0 aromatic heterocycles. The third-order valence-electron chi connectivity index (χ3n) is 4.73. The van der Waals surface area contributed by atoms with Crippen molar-refractivity contribution in [3.63, 3.8) is 0 Å². The van der Waals surface area contributed by atoms with E-state index in [-0.39, 0.29) is 11.7 Å². The molecule has 0 heterocycles. The van der Waals surface area contributed by atoms with Crippen LogP contribution in [0.15, 0.2) is 83.8 Å². The van der Waals surface area contributed by atoms with Crippen molar-refractivity contribution in [1.29, 1.82) is 0 Å². The van der Waals surface area contributed by atoms with E-state index in [1.807, 2.05) is 30.3 Å². The summed E-state index contributed by atoms with van der Waals surface area (Å²) in [7, 11) is -3.35. The summed E-state index contributed by atoms with van der Waals surface area (Å²) in [4.78, 5) is 0.394. The third kappa shape index (κ3) is 2.65. The van der Waals surface area contributed by atoms with E-state index in [1.165, 1.54) is 11.1 Å². The minimum absolute atomic E-state index is 0.102. The minimum atomic E-state index is -3.35. The van der Waals surface area contributed by atoms with Crippen molar-refractivity contribution in [2.24, 2.45) is 0 Å². The van der Waals surface area contributed by atoms with Crippen molar-refractivity contribution in [2.75, 3.05) is 5.75 Å². The molecule has 0 bridgehead atoms. The van der Waals surface area contributed by atoms with Gasteiger partial charge in [0.05, 0.1) is 10.6 Å². The van der Waals surface area contributed by atoms with Crippen LogP contribution in [0.5, 0.6) is 0 Å². The first-order valence-electron chi connectivity index (χ1n) is 8.08. The van der Waals surface area contributed by atoms with Crippen LogP contribution in [0.25, 0.3) is 0 Å². The van der Waals surface area contributed by atoms with Crippen LogP contribution in [0.1, 0.15) is 28.2 Å². The fraction of sp³-hybridized carbons (Fsp3) is 0.143. The summed E-state index contributed by atoms with van der Waals surface area (Å²) in [6.45, 7) is 0. The number of rotatable bonds is 3. The standard InChI is InChI=1S/C21H18O2S/c22-24(23,18-10-2-1-3-11-18)15-21-19-12-6-4-8-16(19)14-17-9-5-7-13-20(17)21/h1-13,21H,14-15H2. The van der Waals surface area contributed by atoms with Gasteiger partial charge in [0.25, 0.3) is 0 Å². The third-order valence-corrected chi connectivity index (χ3v) is 6.49. The van der Waals surface area contributed by atoms with E-state index in [0.29, 0.717) is 4.90 Å². The highest BCUT2D eigenvalue weighted by molar-refractivity contribution is 7.91. The number of benzene rings is 3. The lowest BCUT2D eigenvalue weighted by Crippen LogP contribution is -2.21. The molecule has 4 rings (SSSR count). The van der Waals surface area contributed by atoms with Crippen molar-refractivity contribution in [3.05, 3.63) is 101 Å². The van der Waals surface area contributed by atoms with Gasteiger partial charge in [0, 0.05) is 5.92 Å². The lowest BCUT2D eigenvalue weighted by Gasteiger charge is -2.28. The molecule has 0 saturated heterocycles. The van der Waals surface area contributed by atoms with E-state index in [1.54, 1.807) is 24.3 Å². The van der Waals surface area contributed by atoms with Crippen LogP contribution in [-0.2, 0) is 16.3 Å². The second-order valence-corrected chi connectivity index (χ2v) is 8.26. The average Bonchev–Trinajstić information content (AvgIpc) is 2.62. The van der Waals surface area contributed by atoms with E-state index in [4.69, 9.17) is 0 Å². The molecule has 0 atom stereocenters. The van der Waals surface area contributed by atoms with Gasteiger partial charge in [0.15, 0.2) is 9.84 Å². The monoisotopic (exact) mass is 334 g/mol. The average molecular weight is 334 g/mol. The van der Waals surface area contributed by atoms with Crippen LogP contribution in [0.4, 0.5) is 0 Å². The Morgan fingerprint density at radius 3 is 1.79 bits per heavy atom. The molecule has 0 unspecified atom stereocenters. The van der Waals surface area contributed by atoms with Crippen molar-refractivity contribution >= 4 is 9.84 Å². The molecule has 3 aromatic rings. The molecule has 1 aliphatic carbocycles. The molecule has 3 heteroatoms. The van der Waals surface area contributed by atoms with Gasteiger partial charge in [-0.2, -0.15) is 0 Å². The van der Waals surface area contributed by atoms with E-state index in [9.17, 15) is 8.42 Å². The molecule has 0 saturated carbocycles. The molecular formula is C21H18O2S. The summed E-state index contributed by atoms with van der Waals surface area (Å²) < 4.78 is 25.8. The molecule has 120 valence electrons. The summed E-state index contributed by atoms with van der Waals surface area (Å²) in [6, 6.07) is 25.1. The van der Waals surface area contributed by atoms with E-state index in [2.05, 4.69) is 24.3 Å². The highest BCUT2D eigenvalue weighted by Gasteiger charge is 2.30. The lowest BCUT2D eigenvalue weighted by molar-refractivity contribution is 0.591. The highest BCUT2D eigenvalue weighted by atomic mass is 32.2. The maximum Gasteiger partial charge on any atom is 0.179 e. The topological polar surface area (TPSA) is 34.1 Å². The minimum Gasteiger partial charge on any atom is -0.224 e. The Morgan fingerprint density at radius 2 is 1.21 bits per heavy atom. The Morgan fingerprint density at radius 1 is 0.708 bits per heavy atom. The molecular weight excluding hydrogens is 316 g/mol. The van der Waals surface area contributed by atoms with E-state index < -0.39 is 9.84 Å². The quantitative estimate of drug-likeness (QED) is 0.719. The van der Waals surface area contributed by atoms with Gasteiger partial charge in [-0.15, -0.1) is 0 Å². The normalized spacial score (nSPS) is 14.0. The first-order chi connectivity index (χ1) is 11.6. The maximum absolute atomic E-state index is 12.9. The van der Waals surface area contributed by atoms with Gasteiger partial charge in [-0.25, -0.2) is 8.42 Å². The summed E-state index contributed by atoms with van der Waals surface area (Å²) in [6.07, 6.45) is 0.869. The van der Waals surface area contributed by atoms with Gasteiger partial charge in [-0.1, -0.05) is 66.7 Å². The largest absolute Gasteiger partial charge is 0.224 e. The number of hydrogen-bond donors (Lipinski definition) is 0. The smallest absolute Gasteiger partial charge is 0.179 e. The second kappa shape index (κ2) is 5.91. The Kier molecular flexibility index (Phi) is 3.73. The van der Waals surface area contributed by atoms with Crippen molar-refractivity contribution in [1.82, 2.24) is 0 Å². The predicted octanol–water partition coefficient (Wildman–Crippen LogP) is 4.20. The molecule has 0 amide bonds. The molecule has 0 fully saturated rings. The van der Waals surface area contributed by atoms with E-state index >= 15 is 0 Å². The van der Waals surface area contributed by atoms with Gasteiger partial charge in [0.1, 0.15) is 0 Å². The van der Waals surface area contributed by atoms with E-state index in [0.717, 1.165) is 17.5 Å². The molecule has 0 N–H and O–H groups in total. The molecule has 1 aliphatic rings. The number of hydrogen-bond acceptors (Lipinski definition) is 2. The zero-order valence-electron chi connectivity index (χ0n) is 13.2. The Labute approximate surface area is 142 Å². The number of fused-ring (bicyclic) bond motifs is 2. The first-order valence-corrected chi connectivity index (χ1v) is 9.74. The maximum atomic E-state index is 12.9. The first kappa shape index (κ1) is 15.2. The Hall–Kier alpha value is -2.39. The molecule has 24 heavy (non-hydrogen) atoms. The number of sulfone groups is 1. The second-order valence-electron chi connectivity index (χ2n) is 6.22. The van der Waals surface area contributed by atoms with Crippen LogP contribution in [0.2, 0.25) is 0 Å². The Bertz CT molecular complexity index is 930. The van der Waals surface area contributed by atoms with Crippen LogP contribution < -0.4 is 0 Å². The summed E-state index contributed by atoms with van der Waals surface area (Å²) in [5.74, 6) is -0.0123. The van der Waals surface area contributed by atoms with Gasteiger partial charge in [-0.05, 0) is 40.8 Å². The molecule has 0 radical (unpaired) electrons. The summed E-state index contributed by atoms with van der Waals surface area (Å²) in [5.41, 5.74) is 4.72. The highest BCUT2D eigenvalue weighted by Crippen LogP contribution is 2.38. The summed E-state index contributed by atoms with van der Waals surface area (Å²) >= 11 is 0. The van der Waals surface area contributed by atoms with Crippen LogP contribution >= 0.6 is 0 Å². The van der Waals surface area contributed by atoms with Gasteiger partial charge < -0.3 is 0 Å². The van der Waals surface area contributed by atoms with Crippen LogP contribution in [-0.4, -0.2) is 14.2 Å². The van der Waals surface area contributed by atoms with Crippen molar-refractivity contribution in [2.45, 2.75) is 17.2 Å². The van der Waals surface area contributed by atoms with Crippen molar-refractivity contribution in [3.8, 4) is 0 Å². The zero-order valence-corrected chi connectivity index (χ0v) is 14.0. The van der Waals surface area contributed by atoms with Gasteiger partial charge >= 0.3 is 0 Å². The molecule has 0 spiro atoms. The van der Waals surface area contributed by atoms with Crippen LogP contribution in [0, 0.1) is 0 Å². The molecule has 3 aromatic carbocycles. The SMILES string of the molecule is O=S(=O)(CC1c2ccccc2Cc2ccccc21)c1ccccc1. The molecule has 0 aliphatic heterocycles. The Balaban J connectivity index is 1.81. The lowest BCUT2D eigenvalue weighted by atomic mass is 9.79. The van der Waals surface area contributed by atoms with Gasteiger partial charge in [0.2, 0.25) is 0 Å². The van der Waals surface area contributed by atoms with Crippen LogP contribution in [0.3, 0.4) is 0 Å². The van der Waals surface area contributed by atoms with Gasteiger partial charge in [-0.3, -0.25) is 0 Å². The zero-order chi connectivity index (χ0) is 16.6. The summed E-state index contributed by atoms with van der Waals surface area (Å²) in [5, 5.41) is 0. The van der Waals surface area contributed by atoms with Crippen molar-refractivity contribution < 1.29 is 8.42 Å².